The van der Waals surface area contributed by atoms with Crippen molar-refractivity contribution in [2.45, 2.75) is 38.5 Å². The lowest BCUT2D eigenvalue weighted by molar-refractivity contribution is 0.426. The zero-order valence-corrected chi connectivity index (χ0v) is 56.2. The van der Waals surface area contributed by atoms with Crippen LogP contribution in [-0.4, -0.2) is 17.2 Å². The van der Waals surface area contributed by atoms with Crippen LogP contribution in [0.3, 0.4) is 0 Å². The minimum Gasteiger partial charge on any atom is -0.423 e. The van der Waals surface area contributed by atoms with Gasteiger partial charge in [0, 0.05) is 15.3 Å². The third-order valence-corrected chi connectivity index (χ3v) is 21.0. The minimum absolute atomic E-state index is 0.0404. The zero-order chi connectivity index (χ0) is 67.0. The molecule has 464 valence electrons. The van der Waals surface area contributed by atoms with Crippen LogP contribution in [0.2, 0.25) is 0 Å². The Bertz CT molecular complexity index is 5900. The van der Waals surface area contributed by atoms with E-state index in [0.29, 0.717) is 11.0 Å². The van der Waals surface area contributed by atoms with Gasteiger partial charge in [0.15, 0.2) is 0 Å². The van der Waals surface area contributed by atoms with Gasteiger partial charge in [-0.05, 0) is 225 Å². The van der Waals surface area contributed by atoms with Crippen LogP contribution < -0.4 is 5.46 Å². The fourth-order valence-electron chi connectivity index (χ4n) is 15.6. The fraction of sp³-hybridized carbons (Fsp3) is 0.0652. The van der Waals surface area contributed by atoms with Crippen LogP contribution in [0.25, 0.3) is 143 Å². The Labute approximate surface area is 579 Å². The molecule has 16 aromatic carbocycles. The van der Waals surface area contributed by atoms with Gasteiger partial charge in [0.25, 0.3) is 0 Å². The maximum atomic E-state index is 10.2. The molecule has 0 heterocycles. The summed E-state index contributed by atoms with van der Waals surface area (Å²) in [5.41, 5.74) is 23.8. The Hall–Kier alpha value is -11.5. The second-order valence-electron chi connectivity index (χ2n) is 26.8. The average Bonchev–Trinajstić information content (AvgIpc) is 1.26. The molecule has 0 radical (unpaired) electrons. The predicted octanol–water partition coefficient (Wildman–Crippen LogP) is 23.1. The molecule has 0 saturated carbocycles. The number of nitriles is 2. The average molecular weight is 1320 g/mol. The van der Waals surface area contributed by atoms with Crippen molar-refractivity contribution in [1.82, 2.24) is 0 Å². The third kappa shape index (κ3) is 10.5. The number of benzene rings is 16. The highest BCUT2D eigenvalue weighted by molar-refractivity contribution is 9.10. The molecule has 18 rings (SSSR count). The number of rotatable bonds is 6. The largest absolute Gasteiger partial charge is 0.489 e. The molecule has 0 spiro atoms. The van der Waals surface area contributed by atoms with Gasteiger partial charge in [0.2, 0.25) is 0 Å². The van der Waals surface area contributed by atoms with E-state index in [1.807, 2.05) is 54.6 Å². The Kier molecular flexibility index (Phi) is 15.4. The monoisotopic (exact) mass is 1320 g/mol. The molecule has 2 aliphatic carbocycles. The van der Waals surface area contributed by atoms with E-state index in [-0.39, 0.29) is 10.8 Å². The lowest BCUT2D eigenvalue weighted by atomic mass is 9.72. The second-order valence-corrected chi connectivity index (χ2v) is 27.7. The molecule has 6 heteroatoms. The summed E-state index contributed by atoms with van der Waals surface area (Å²) in [7, 11) is -1.54. The van der Waals surface area contributed by atoms with E-state index in [0.717, 1.165) is 42.7 Å². The number of fused-ring (bicyclic) bond motifs is 12. The second kappa shape index (κ2) is 24.6. The van der Waals surface area contributed by atoms with E-state index >= 15 is 0 Å². The highest BCUT2D eigenvalue weighted by Gasteiger charge is 2.37. The first-order valence-corrected chi connectivity index (χ1v) is 34.0. The van der Waals surface area contributed by atoms with E-state index in [1.54, 1.807) is 0 Å². The first kappa shape index (κ1) is 61.4. The lowest BCUT2D eigenvalue weighted by Gasteiger charge is -2.23. The van der Waals surface area contributed by atoms with Crippen LogP contribution in [-0.2, 0) is 10.8 Å². The van der Waals surface area contributed by atoms with Gasteiger partial charge in [-0.25, -0.2) is 0 Å². The highest BCUT2D eigenvalue weighted by Crippen LogP contribution is 2.53. The first-order chi connectivity index (χ1) is 47.7. The van der Waals surface area contributed by atoms with E-state index in [9.17, 15) is 15.3 Å². The minimum atomic E-state index is -1.54. The van der Waals surface area contributed by atoms with Gasteiger partial charge < -0.3 is 10.0 Å². The Balaban J connectivity index is 0.000000127. The summed E-state index contributed by atoms with van der Waals surface area (Å²) in [6, 6.07) is 112. The molecule has 98 heavy (non-hydrogen) atoms. The summed E-state index contributed by atoms with van der Waals surface area (Å²) in [6.07, 6.45) is 0. The summed E-state index contributed by atoms with van der Waals surface area (Å²) < 4.78 is 1.10. The molecule has 16 aromatic rings. The van der Waals surface area contributed by atoms with Gasteiger partial charge in [-0.2, -0.15) is 10.5 Å². The molecule has 0 atom stereocenters. The van der Waals surface area contributed by atoms with E-state index in [4.69, 9.17) is 5.26 Å². The smallest absolute Gasteiger partial charge is 0.423 e. The van der Waals surface area contributed by atoms with Crippen molar-refractivity contribution in [3.63, 3.8) is 0 Å². The molecular weight excluding hydrogens is 1260 g/mol. The molecule has 0 bridgehead atoms. The summed E-state index contributed by atoms with van der Waals surface area (Å²) in [4.78, 5) is 0. The summed E-state index contributed by atoms with van der Waals surface area (Å²) >= 11 is 3.54. The summed E-state index contributed by atoms with van der Waals surface area (Å²) in [6.45, 7) is 8.99. The van der Waals surface area contributed by atoms with E-state index in [2.05, 4.69) is 304 Å². The van der Waals surface area contributed by atoms with Crippen molar-refractivity contribution in [1.29, 1.82) is 10.5 Å². The van der Waals surface area contributed by atoms with Crippen molar-refractivity contribution >= 4 is 93.1 Å². The Morgan fingerprint density at radius 1 is 0.286 bits per heavy atom. The van der Waals surface area contributed by atoms with Gasteiger partial charge in [0.1, 0.15) is 0 Å². The van der Waals surface area contributed by atoms with Crippen LogP contribution in [0.5, 0.6) is 0 Å². The lowest BCUT2D eigenvalue weighted by Crippen LogP contribution is -2.31. The number of hydrogen-bond donors (Lipinski definition) is 2. The standard InChI is InChI=1S/C46H31N.C30H21BO2.C16H12BrN/c1-46(2)42-25-29(28-47)15-23-36(42)37-24-22-35(27-43(37)46)45-40-13-7-5-11-38(40)44(39-12-6-8-14-41(39)45)32-19-16-31(17-20-32)34-21-18-30-9-3-4-10-33(30)26-34;32-31(33)30-27-11-5-3-9-25(27)29(26-10-4-6-12-28(26)30)22-16-13-21(14-17-22)24-18-15-20-7-1-2-8-23(20)19-24;1-16(2)14-7-10(9-18)3-5-12(14)13-6-4-11(17)8-15(13)16/h3-27H,1-2H3;1-19,32-33H;3-8H,1-2H3. The summed E-state index contributed by atoms with van der Waals surface area (Å²) in [5.74, 6) is 0. The number of hydrogen-bond acceptors (Lipinski definition) is 4. The maximum Gasteiger partial charge on any atom is 0.489 e. The first-order valence-electron chi connectivity index (χ1n) is 33.2. The van der Waals surface area contributed by atoms with Crippen molar-refractivity contribution in [3.05, 3.63) is 341 Å². The van der Waals surface area contributed by atoms with Gasteiger partial charge in [-0.1, -0.05) is 292 Å². The van der Waals surface area contributed by atoms with Crippen LogP contribution in [0.15, 0.2) is 308 Å². The van der Waals surface area contributed by atoms with Gasteiger partial charge in [0.05, 0.1) is 23.3 Å². The SMILES string of the molecule is CC1(C)c2cc(Br)ccc2-c2ccc(C#N)cc21.CC1(C)c2cc(C#N)ccc2-c2ccc(-c3c4ccccc4c(-c4ccc(-c5ccc6ccccc6c5)cc4)c4ccccc34)cc21.OB(O)c1c2ccccc2c(-c2ccc(-c3ccc4ccccc4c3)cc2)c2ccccc12. The van der Waals surface area contributed by atoms with Crippen LogP contribution in [0.4, 0.5) is 0 Å². The number of nitrogens with zero attached hydrogens (tertiary/aromatic N) is 2. The van der Waals surface area contributed by atoms with E-state index in [1.165, 1.54) is 132 Å². The topological polar surface area (TPSA) is 88.0 Å². The van der Waals surface area contributed by atoms with Gasteiger partial charge in [-0.3, -0.25) is 0 Å². The fourth-order valence-corrected chi connectivity index (χ4v) is 16.0. The van der Waals surface area contributed by atoms with E-state index < -0.39 is 7.12 Å². The van der Waals surface area contributed by atoms with Crippen LogP contribution in [0, 0.1) is 22.7 Å². The molecule has 0 saturated heterocycles. The molecule has 0 fully saturated rings. The normalized spacial score (nSPS) is 12.8. The Morgan fingerprint density at radius 2 is 0.582 bits per heavy atom. The van der Waals surface area contributed by atoms with Crippen molar-refractivity contribution in [2.24, 2.45) is 0 Å². The van der Waals surface area contributed by atoms with Gasteiger partial charge in [-0.15, -0.1) is 0 Å². The van der Waals surface area contributed by atoms with Crippen molar-refractivity contribution in [2.75, 3.05) is 0 Å². The molecule has 0 amide bonds. The molecule has 4 nitrogen and oxygen atoms in total. The Morgan fingerprint density at radius 3 is 0.980 bits per heavy atom. The van der Waals surface area contributed by atoms with Gasteiger partial charge >= 0.3 is 7.12 Å². The molecule has 2 aliphatic rings. The van der Waals surface area contributed by atoms with Crippen molar-refractivity contribution in [3.8, 4) is 90.0 Å². The molecule has 0 aliphatic heterocycles. The maximum absolute atomic E-state index is 10.2. The molecule has 0 unspecified atom stereocenters. The van der Waals surface area contributed by atoms with Crippen LogP contribution in [0.1, 0.15) is 61.1 Å². The third-order valence-electron chi connectivity index (χ3n) is 20.5. The zero-order valence-electron chi connectivity index (χ0n) is 54.6. The molecular formula is C92H64BBrN2O2. The quantitative estimate of drug-likeness (QED) is 0.128. The summed E-state index contributed by atoms with van der Waals surface area (Å²) in [5, 5.41) is 52.7. The molecule has 0 aromatic heterocycles. The predicted molar refractivity (Wildman–Crippen MR) is 414 cm³/mol. The van der Waals surface area contributed by atoms with Crippen molar-refractivity contribution < 1.29 is 10.0 Å². The number of halogens is 1. The highest BCUT2D eigenvalue weighted by atomic mass is 79.9. The van der Waals surface area contributed by atoms with Crippen LogP contribution >= 0.6 is 15.9 Å². The molecule has 2 N–H and O–H groups in total.